The highest BCUT2D eigenvalue weighted by Gasteiger charge is 2.45. The molecule has 0 aliphatic carbocycles. The van der Waals surface area contributed by atoms with E-state index < -0.39 is 18.3 Å². The molecule has 50 heavy (non-hydrogen) atoms. The SMILES string of the molecule is CCOc1cc(C#CC(F)(F)F)ccc1C1=N[C@@H](c2ccc(Cl)cc2)[C@@H](c2ccc(Cl)cc2)N1C(=O)N1CCN(CC(=O)N(C)C(C)C)CC1. The first-order valence-electron chi connectivity index (χ1n) is 16.3. The number of likely N-dealkylation sites (N-methyl/N-ethyl adjacent to an activating group) is 1. The summed E-state index contributed by atoms with van der Waals surface area (Å²) in [5, 5.41) is 1.06. The molecule has 13 heteroatoms. The van der Waals surface area contributed by atoms with Crippen LogP contribution in [0.1, 0.15) is 55.1 Å². The average molecular weight is 729 g/mol. The van der Waals surface area contributed by atoms with Crippen molar-refractivity contribution in [3.05, 3.63) is 99.0 Å². The molecule has 1 saturated heterocycles. The molecule has 0 aromatic heterocycles. The molecular weight excluding hydrogens is 690 g/mol. The van der Waals surface area contributed by atoms with Crippen LogP contribution in [0.25, 0.3) is 0 Å². The van der Waals surface area contributed by atoms with E-state index in [4.69, 9.17) is 32.9 Å². The van der Waals surface area contributed by atoms with E-state index in [-0.39, 0.29) is 42.4 Å². The summed E-state index contributed by atoms with van der Waals surface area (Å²) >= 11 is 12.5. The van der Waals surface area contributed by atoms with Gasteiger partial charge in [-0.25, -0.2) is 4.79 Å². The molecule has 5 rings (SSSR count). The second kappa shape index (κ2) is 15.8. The minimum absolute atomic E-state index is 0.00849. The van der Waals surface area contributed by atoms with Crippen molar-refractivity contribution in [2.75, 3.05) is 46.4 Å². The lowest BCUT2D eigenvalue weighted by atomic mass is 9.93. The normalized spacial score (nSPS) is 18.1. The lowest BCUT2D eigenvalue weighted by Crippen LogP contribution is -2.55. The first kappa shape index (κ1) is 37.0. The zero-order valence-electron chi connectivity index (χ0n) is 28.2. The highest BCUT2D eigenvalue weighted by atomic mass is 35.5. The molecule has 3 aromatic carbocycles. The molecule has 2 aliphatic rings. The van der Waals surface area contributed by atoms with Crippen molar-refractivity contribution in [2.24, 2.45) is 4.99 Å². The van der Waals surface area contributed by atoms with Crippen LogP contribution in [-0.2, 0) is 4.79 Å². The van der Waals surface area contributed by atoms with Crippen LogP contribution in [0, 0.1) is 11.8 Å². The quantitative estimate of drug-likeness (QED) is 0.226. The molecule has 2 aliphatic heterocycles. The van der Waals surface area contributed by atoms with E-state index >= 15 is 0 Å². The Labute approximate surface area is 300 Å². The standard InChI is InChI=1S/C37H38Cl2F3N5O3/c1-5-50-31-22-25(16-17-37(40,41)42)6-15-30(31)35-43-33(26-7-11-28(38)12-8-26)34(27-9-13-29(39)14-10-27)47(35)36(49)46-20-18-45(19-21-46)23-32(48)44(4)24(2)3/h6-15,22,24,33-34H,5,18-21,23H2,1-4H3/t33-,34+/m0/s1. The van der Waals surface area contributed by atoms with Gasteiger partial charge in [0.2, 0.25) is 5.91 Å². The summed E-state index contributed by atoms with van der Waals surface area (Å²) in [5.74, 6) is 4.00. The second-order valence-electron chi connectivity index (χ2n) is 12.4. The smallest absolute Gasteiger partial charge is 0.458 e. The summed E-state index contributed by atoms with van der Waals surface area (Å²) in [7, 11) is 1.78. The van der Waals surface area contributed by atoms with Crippen LogP contribution < -0.4 is 4.74 Å². The zero-order valence-corrected chi connectivity index (χ0v) is 29.7. The van der Waals surface area contributed by atoms with Crippen LogP contribution in [0.15, 0.2) is 71.7 Å². The summed E-state index contributed by atoms with van der Waals surface area (Å²) in [6.45, 7) is 7.84. The zero-order chi connectivity index (χ0) is 36.2. The lowest BCUT2D eigenvalue weighted by molar-refractivity contribution is -0.132. The summed E-state index contributed by atoms with van der Waals surface area (Å²) in [6, 6.07) is 17.4. The maximum atomic E-state index is 14.8. The third-order valence-electron chi connectivity index (χ3n) is 8.74. The van der Waals surface area contributed by atoms with E-state index in [9.17, 15) is 22.8 Å². The number of aliphatic imine (C=N–C) groups is 1. The molecule has 0 radical (unpaired) electrons. The average Bonchev–Trinajstić information content (AvgIpc) is 3.47. The molecule has 8 nitrogen and oxygen atoms in total. The second-order valence-corrected chi connectivity index (χ2v) is 13.2. The van der Waals surface area contributed by atoms with Crippen molar-refractivity contribution in [2.45, 2.75) is 45.1 Å². The molecular formula is C37H38Cl2F3N5O3. The Hall–Kier alpha value is -4.24. The summed E-state index contributed by atoms with van der Waals surface area (Å²) < 4.78 is 44.7. The molecule has 0 N–H and O–H groups in total. The van der Waals surface area contributed by atoms with Gasteiger partial charge in [0.1, 0.15) is 17.6 Å². The number of hydrogen-bond donors (Lipinski definition) is 0. The molecule has 1 fully saturated rings. The number of benzene rings is 3. The Morgan fingerprint density at radius 2 is 1.56 bits per heavy atom. The van der Waals surface area contributed by atoms with Crippen molar-refractivity contribution in [1.82, 2.24) is 19.6 Å². The number of amidine groups is 1. The molecule has 2 atom stereocenters. The predicted molar refractivity (Wildman–Crippen MR) is 189 cm³/mol. The number of urea groups is 1. The number of nitrogens with zero attached hydrogens (tertiary/aromatic N) is 5. The van der Waals surface area contributed by atoms with Crippen LogP contribution in [0.2, 0.25) is 10.0 Å². The van der Waals surface area contributed by atoms with Crippen LogP contribution in [0.3, 0.4) is 0 Å². The van der Waals surface area contributed by atoms with Gasteiger partial charge in [0.25, 0.3) is 0 Å². The molecule has 3 amide bonds. The highest BCUT2D eigenvalue weighted by Crippen LogP contribution is 2.45. The van der Waals surface area contributed by atoms with Crippen LogP contribution in [0.5, 0.6) is 5.75 Å². The van der Waals surface area contributed by atoms with Crippen LogP contribution >= 0.6 is 23.2 Å². The lowest BCUT2D eigenvalue weighted by Gasteiger charge is -2.39. The molecule has 2 heterocycles. The number of hydrogen-bond acceptors (Lipinski definition) is 5. The Kier molecular flexibility index (Phi) is 11.7. The Balaban J connectivity index is 1.57. The van der Waals surface area contributed by atoms with Crippen LogP contribution in [-0.4, -0.2) is 96.0 Å². The van der Waals surface area contributed by atoms with E-state index in [0.29, 0.717) is 47.6 Å². The monoisotopic (exact) mass is 727 g/mol. The van der Waals surface area contributed by atoms with Gasteiger partial charge in [-0.15, -0.1) is 0 Å². The maximum absolute atomic E-state index is 14.8. The van der Waals surface area contributed by atoms with Gasteiger partial charge in [0.05, 0.1) is 24.8 Å². The minimum atomic E-state index is -4.66. The van der Waals surface area contributed by atoms with Gasteiger partial charge in [0.15, 0.2) is 0 Å². The fraction of sp³-hybridized carbons (Fsp3) is 0.378. The molecule has 0 unspecified atom stereocenters. The van der Waals surface area contributed by atoms with Gasteiger partial charge in [-0.3, -0.25) is 19.6 Å². The first-order valence-corrected chi connectivity index (χ1v) is 17.0. The number of piperazine rings is 1. The highest BCUT2D eigenvalue weighted by molar-refractivity contribution is 6.30. The number of halogens is 5. The molecule has 0 bridgehead atoms. The molecule has 3 aromatic rings. The van der Waals surface area contributed by atoms with E-state index in [1.54, 1.807) is 59.0 Å². The largest absolute Gasteiger partial charge is 0.493 e. The first-order chi connectivity index (χ1) is 23.8. The fourth-order valence-electron chi connectivity index (χ4n) is 5.90. The van der Waals surface area contributed by atoms with E-state index in [2.05, 4.69) is 5.92 Å². The molecule has 0 spiro atoms. The van der Waals surface area contributed by atoms with Crippen molar-refractivity contribution in [3.63, 3.8) is 0 Å². The Bertz CT molecular complexity index is 1780. The number of ether oxygens (including phenoxy) is 1. The summed E-state index contributed by atoms with van der Waals surface area (Å²) in [5.41, 5.74) is 2.09. The topological polar surface area (TPSA) is 68.7 Å². The van der Waals surface area contributed by atoms with Crippen LogP contribution in [0.4, 0.5) is 18.0 Å². The van der Waals surface area contributed by atoms with Gasteiger partial charge in [0, 0.05) is 60.8 Å². The van der Waals surface area contributed by atoms with Gasteiger partial charge >= 0.3 is 12.2 Å². The third kappa shape index (κ3) is 8.73. The number of rotatable bonds is 8. The van der Waals surface area contributed by atoms with Crippen molar-refractivity contribution in [1.29, 1.82) is 0 Å². The molecule has 264 valence electrons. The van der Waals surface area contributed by atoms with Crippen molar-refractivity contribution < 1.29 is 27.5 Å². The Morgan fingerprint density at radius 1 is 0.960 bits per heavy atom. The number of carbonyl (C=O) groups excluding carboxylic acids is 2. The third-order valence-corrected chi connectivity index (χ3v) is 9.24. The summed E-state index contributed by atoms with van der Waals surface area (Å²) in [4.78, 5) is 39.8. The van der Waals surface area contributed by atoms with Crippen molar-refractivity contribution in [3.8, 4) is 17.6 Å². The summed E-state index contributed by atoms with van der Waals surface area (Å²) in [6.07, 6.45) is -4.66. The fourth-order valence-corrected chi connectivity index (χ4v) is 6.15. The molecule has 0 saturated carbocycles. The van der Waals surface area contributed by atoms with Gasteiger partial charge in [-0.2, -0.15) is 13.2 Å². The predicted octanol–water partition coefficient (Wildman–Crippen LogP) is 7.46. The maximum Gasteiger partial charge on any atom is 0.458 e. The van der Waals surface area contributed by atoms with Gasteiger partial charge in [-0.05, 0) is 74.4 Å². The minimum Gasteiger partial charge on any atom is -0.493 e. The van der Waals surface area contributed by atoms with E-state index in [1.807, 2.05) is 43.0 Å². The number of carbonyl (C=O) groups is 2. The number of amides is 3. The number of alkyl halides is 3. The van der Waals surface area contributed by atoms with Gasteiger partial charge < -0.3 is 14.5 Å². The van der Waals surface area contributed by atoms with E-state index in [1.165, 1.54) is 18.1 Å². The van der Waals surface area contributed by atoms with Gasteiger partial charge in [-0.1, -0.05) is 53.4 Å². The van der Waals surface area contributed by atoms with Crippen molar-refractivity contribution >= 4 is 41.0 Å². The van der Waals surface area contributed by atoms with E-state index in [0.717, 1.165) is 11.1 Å². The Morgan fingerprint density at radius 3 is 2.12 bits per heavy atom.